The molecule has 0 saturated carbocycles. The van der Waals surface area contributed by atoms with Gasteiger partial charge < -0.3 is 19.3 Å². The molecule has 0 unspecified atom stereocenters. The van der Waals surface area contributed by atoms with Crippen LogP contribution in [0.4, 0.5) is 0 Å². The molecule has 1 saturated heterocycles. The minimum absolute atomic E-state index is 0.0354. The second-order valence-electron chi connectivity index (χ2n) is 6.79. The average Bonchev–Trinajstić information content (AvgIpc) is 2.51. The predicted octanol–water partition coefficient (Wildman–Crippen LogP) is 1.66. The van der Waals surface area contributed by atoms with E-state index in [0.29, 0.717) is 24.7 Å². The first kappa shape index (κ1) is 17.7. The number of hydrogen-bond donors (Lipinski definition) is 0. The van der Waals surface area contributed by atoms with Crippen molar-refractivity contribution in [3.8, 4) is 5.88 Å². The summed E-state index contributed by atoms with van der Waals surface area (Å²) in [4.78, 5) is 20.7. The van der Waals surface area contributed by atoms with E-state index in [0.717, 1.165) is 26.2 Å². The van der Waals surface area contributed by atoms with Crippen LogP contribution in [0.2, 0.25) is 0 Å². The van der Waals surface area contributed by atoms with E-state index in [1.807, 2.05) is 25.7 Å². The van der Waals surface area contributed by atoms with E-state index in [2.05, 4.69) is 16.9 Å². The fourth-order valence-corrected chi connectivity index (χ4v) is 2.28. The maximum absolute atomic E-state index is 12.4. The first-order valence-electron chi connectivity index (χ1n) is 8.06. The van der Waals surface area contributed by atoms with Gasteiger partial charge in [0.2, 0.25) is 5.88 Å². The first-order chi connectivity index (χ1) is 10.8. The lowest BCUT2D eigenvalue weighted by molar-refractivity contribution is -0.0168. The maximum Gasteiger partial charge on any atom is 0.255 e. The minimum atomic E-state index is -0.171. The van der Waals surface area contributed by atoms with Crippen LogP contribution in [0.1, 0.15) is 31.1 Å². The van der Waals surface area contributed by atoms with Crippen LogP contribution in [-0.4, -0.2) is 72.7 Å². The number of nitrogens with zero attached hydrogens (tertiary/aromatic N) is 3. The molecular formula is C17H27N3O3. The first-order valence-corrected chi connectivity index (χ1v) is 8.06. The molecule has 2 heterocycles. The van der Waals surface area contributed by atoms with Gasteiger partial charge in [-0.2, -0.15) is 0 Å². The van der Waals surface area contributed by atoms with Gasteiger partial charge in [-0.3, -0.25) is 4.79 Å². The van der Waals surface area contributed by atoms with Gasteiger partial charge >= 0.3 is 0 Å². The van der Waals surface area contributed by atoms with Crippen molar-refractivity contribution >= 4 is 5.91 Å². The van der Waals surface area contributed by atoms with Crippen LogP contribution < -0.4 is 4.74 Å². The number of amides is 1. The molecule has 1 aliphatic heterocycles. The molecule has 23 heavy (non-hydrogen) atoms. The highest BCUT2D eigenvalue weighted by atomic mass is 16.5. The van der Waals surface area contributed by atoms with Crippen LogP contribution in [-0.2, 0) is 4.74 Å². The van der Waals surface area contributed by atoms with Crippen molar-refractivity contribution in [1.82, 2.24) is 14.8 Å². The number of ether oxygens (including phenoxy) is 2. The number of pyridine rings is 1. The van der Waals surface area contributed by atoms with Crippen molar-refractivity contribution in [2.75, 3.05) is 46.4 Å². The Morgan fingerprint density at radius 2 is 1.87 bits per heavy atom. The van der Waals surface area contributed by atoms with E-state index in [9.17, 15) is 4.79 Å². The zero-order chi connectivity index (χ0) is 16.9. The van der Waals surface area contributed by atoms with Crippen LogP contribution in [0.15, 0.2) is 18.3 Å². The number of hydrogen-bond acceptors (Lipinski definition) is 5. The van der Waals surface area contributed by atoms with E-state index < -0.39 is 0 Å². The van der Waals surface area contributed by atoms with E-state index in [-0.39, 0.29) is 11.5 Å². The molecule has 0 radical (unpaired) electrons. The Balaban J connectivity index is 1.81. The lowest BCUT2D eigenvalue weighted by atomic mass is 10.2. The van der Waals surface area contributed by atoms with E-state index in [1.165, 1.54) is 0 Å². The third kappa shape index (κ3) is 5.80. The summed E-state index contributed by atoms with van der Waals surface area (Å²) in [6.07, 6.45) is 1.58. The maximum atomic E-state index is 12.4. The van der Waals surface area contributed by atoms with Gasteiger partial charge in [0.15, 0.2) is 0 Å². The molecule has 1 amide bonds. The molecule has 0 atom stereocenters. The molecule has 1 aliphatic rings. The van der Waals surface area contributed by atoms with E-state index >= 15 is 0 Å². The fourth-order valence-electron chi connectivity index (χ4n) is 2.28. The van der Waals surface area contributed by atoms with Crippen LogP contribution in [0.5, 0.6) is 5.88 Å². The molecule has 0 spiro atoms. The third-order valence-corrected chi connectivity index (χ3v) is 3.64. The van der Waals surface area contributed by atoms with Crippen LogP contribution in [0.25, 0.3) is 0 Å². The van der Waals surface area contributed by atoms with Gasteiger partial charge in [0.05, 0.1) is 17.8 Å². The molecule has 2 rings (SSSR count). The molecule has 128 valence electrons. The largest absolute Gasteiger partial charge is 0.475 e. The molecule has 6 heteroatoms. The summed E-state index contributed by atoms with van der Waals surface area (Å²) in [5.74, 6) is 0.547. The lowest BCUT2D eigenvalue weighted by Crippen LogP contribution is -2.47. The Kier molecular flexibility index (Phi) is 5.96. The van der Waals surface area contributed by atoms with Crippen molar-refractivity contribution in [1.29, 1.82) is 0 Å². The summed E-state index contributed by atoms with van der Waals surface area (Å²) in [6, 6.07) is 3.51. The van der Waals surface area contributed by atoms with Crippen molar-refractivity contribution in [3.05, 3.63) is 23.9 Å². The summed E-state index contributed by atoms with van der Waals surface area (Å²) in [5.41, 5.74) is 0.433. The number of rotatable bonds is 5. The normalized spacial score (nSPS) is 16.4. The highest BCUT2D eigenvalue weighted by Crippen LogP contribution is 2.12. The molecule has 0 bridgehead atoms. The van der Waals surface area contributed by atoms with Gasteiger partial charge in [0.1, 0.15) is 6.61 Å². The zero-order valence-electron chi connectivity index (χ0n) is 14.5. The van der Waals surface area contributed by atoms with Crippen molar-refractivity contribution < 1.29 is 14.3 Å². The van der Waals surface area contributed by atoms with Gasteiger partial charge in [-0.05, 0) is 33.9 Å². The molecule has 0 aliphatic carbocycles. The summed E-state index contributed by atoms with van der Waals surface area (Å²) in [5, 5.41) is 0. The Morgan fingerprint density at radius 1 is 1.17 bits per heavy atom. The lowest BCUT2D eigenvalue weighted by Gasteiger charge is -2.32. The van der Waals surface area contributed by atoms with E-state index in [1.54, 1.807) is 18.3 Å². The molecule has 0 N–H and O–H groups in total. The smallest absolute Gasteiger partial charge is 0.255 e. The summed E-state index contributed by atoms with van der Waals surface area (Å²) in [6.45, 7) is 10.3. The summed E-state index contributed by atoms with van der Waals surface area (Å²) < 4.78 is 11.1. The van der Waals surface area contributed by atoms with Crippen LogP contribution >= 0.6 is 0 Å². The quantitative estimate of drug-likeness (QED) is 0.772. The van der Waals surface area contributed by atoms with E-state index in [4.69, 9.17) is 9.47 Å². The van der Waals surface area contributed by atoms with Crippen LogP contribution in [0, 0.1) is 0 Å². The monoisotopic (exact) mass is 321 g/mol. The topological polar surface area (TPSA) is 54.9 Å². The molecular weight excluding hydrogens is 294 g/mol. The van der Waals surface area contributed by atoms with Gasteiger partial charge in [0, 0.05) is 38.4 Å². The second-order valence-corrected chi connectivity index (χ2v) is 6.79. The number of carbonyl (C=O) groups is 1. The Morgan fingerprint density at radius 3 is 2.43 bits per heavy atom. The average molecular weight is 321 g/mol. The number of carbonyl (C=O) groups excluding carboxylic acids is 1. The van der Waals surface area contributed by atoms with Gasteiger partial charge in [-0.15, -0.1) is 0 Å². The van der Waals surface area contributed by atoms with Crippen molar-refractivity contribution in [2.24, 2.45) is 0 Å². The highest BCUT2D eigenvalue weighted by Gasteiger charge is 2.20. The number of aromatic nitrogens is 1. The zero-order valence-corrected chi connectivity index (χ0v) is 14.5. The highest BCUT2D eigenvalue weighted by molar-refractivity contribution is 5.94. The standard InChI is InChI=1S/C17H27N3O3/c1-17(2,3)23-12-11-22-15-6-5-14(13-18-15)16(21)20-9-7-19(4)8-10-20/h5-6,13H,7-12H2,1-4H3. The molecule has 6 nitrogen and oxygen atoms in total. The molecule has 1 fully saturated rings. The SMILES string of the molecule is CN1CCN(C(=O)c2ccc(OCCOC(C)(C)C)nc2)CC1. The third-order valence-electron chi connectivity index (χ3n) is 3.64. The Bertz CT molecular complexity index is 503. The summed E-state index contributed by atoms with van der Waals surface area (Å²) in [7, 11) is 2.07. The van der Waals surface area contributed by atoms with Crippen molar-refractivity contribution in [2.45, 2.75) is 26.4 Å². The fraction of sp³-hybridized carbons (Fsp3) is 0.647. The molecule has 0 aromatic carbocycles. The minimum Gasteiger partial charge on any atom is -0.475 e. The van der Waals surface area contributed by atoms with Crippen LogP contribution in [0.3, 0.4) is 0 Å². The second kappa shape index (κ2) is 7.75. The number of likely N-dealkylation sites (N-methyl/N-ethyl adjacent to an activating group) is 1. The van der Waals surface area contributed by atoms with Gasteiger partial charge in [0.25, 0.3) is 5.91 Å². The van der Waals surface area contributed by atoms with Gasteiger partial charge in [-0.25, -0.2) is 4.98 Å². The van der Waals surface area contributed by atoms with Crippen molar-refractivity contribution in [3.63, 3.8) is 0 Å². The predicted molar refractivity (Wildman–Crippen MR) is 88.8 cm³/mol. The Labute approximate surface area is 138 Å². The Hall–Kier alpha value is -1.66. The number of piperazine rings is 1. The molecule has 1 aromatic rings. The van der Waals surface area contributed by atoms with Gasteiger partial charge in [-0.1, -0.05) is 0 Å². The molecule has 1 aromatic heterocycles. The summed E-state index contributed by atoms with van der Waals surface area (Å²) >= 11 is 0.